The number of aliphatic hydroxyl groups excluding tert-OH is 1. The molecule has 1 aromatic carbocycles. The van der Waals surface area contributed by atoms with Gasteiger partial charge in [-0.05, 0) is 18.9 Å². The summed E-state index contributed by atoms with van der Waals surface area (Å²) in [6.07, 6.45) is 0.148. The number of esters is 1. The van der Waals surface area contributed by atoms with E-state index in [1.807, 2.05) is 30.3 Å². The van der Waals surface area contributed by atoms with Crippen molar-refractivity contribution in [2.75, 3.05) is 6.61 Å². The number of carbonyl (C=O) groups excluding carboxylic acids is 1. The Morgan fingerprint density at radius 2 is 2.07 bits per heavy atom. The smallest absolute Gasteiger partial charge is 0.306 e. The van der Waals surface area contributed by atoms with Crippen molar-refractivity contribution in [2.24, 2.45) is 0 Å². The molecule has 3 nitrogen and oxygen atoms in total. The van der Waals surface area contributed by atoms with Gasteiger partial charge < -0.3 is 9.84 Å². The normalized spacial score (nSPS) is 12.1. The van der Waals surface area contributed by atoms with E-state index in [4.69, 9.17) is 9.84 Å². The average Bonchev–Trinajstić information content (AvgIpc) is 2.25. The van der Waals surface area contributed by atoms with Crippen molar-refractivity contribution in [3.05, 3.63) is 42.8 Å². The highest BCUT2D eigenvalue weighted by Crippen LogP contribution is 2.03. The van der Waals surface area contributed by atoms with Gasteiger partial charge in [-0.3, -0.25) is 4.79 Å². The van der Waals surface area contributed by atoms with Gasteiger partial charge in [0, 0.05) is 6.42 Å². The van der Waals surface area contributed by atoms with Crippen LogP contribution >= 0.6 is 0 Å². The highest BCUT2D eigenvalue weighted by molar-refractivity contribution is 5.69. The molecule has 1 aromatic rings. The molecular formula is C12H15O3. The van der Waals surface area contributed by atoms with Gasteiger partial charge in [-0.1, -0.05) is 30.3 Å². The number of rotatable bonds is 5. The second kappa shape index (κ2) is 6.19. The number of carbonyl (C=O) groups is 1. The van der Waals surface area contributed by atoms with Crippen molar-refractivity contribution in [2.45, 2.75) is 18.9 Å². The van der Waals surface area contributed by atoms with Gasteiger partial charge in [0.15, 0.2) is 0 Å². The minimum absolute atomic E-state index is 0.0341. The first-order valence-corrected chi connectivity index (χ1v) is 4.89. The molecule has 15 heavy (non-hydrogen) atoms. The Labute approximate surface area is 89.7 Å². The van der Waals surface area contributed by atoms with Crippen molar-refractivity contribution in [1.29, 1.82) is 0 Å². The van der Waals surface area contributed by atoms with Gasteiger partial charge in [0.1, 0.15) is 6.61 Å². The molecular weight excluding hydrogens is 192 g/mol. The third-order valence-corrected chi connectivity index (χ3v) is 1.90. The molecule has 3 heteroatoms. The lowest BCUT2D eigenvalue weighted by Crippen LogP contribution is -2.15. The number of ether oxygens (including phenoxy) is 1. The zero-order chi connectivity index (χ0) is 11.1. The fourth-order valence-corrected chi connectivity index (χ4v) is 1.15. The maximum Gasteiger partial charge on any atom is 0.306 e. The van der Waals surface area contributed by atoms with E-state index in [0.717, 1.165) is 5.56 Å². The maximum absolute atomic E-state index is 11.2. The Morgan fingerprint density at radius 3 is 2.67 bits per heavy atom. The fraction of sp³-hybridized carbons (Fsp3) is 0.333. The van der Waals surface area contributed by atoms with Crippen molar-refractivity contribution in [1.82, 2.24) is 0 Å². The Bertz CT molecular complexity index is 293. The topological polar surface area (TPSA) is 46.5 Å². The molecule has 81 valence electrons. The van der Waals surface area contributed by atoms with Gasteiger partial charge in [0.05, 0.1) is 6.10 Å². The SMILES string of the molecule is [CH2]C(O)COC(=O)CCc1ccccc1. The molecule has 1 radical (unpaired) electrons. The van der Waals surface area contributed by atoms with Gasteiger partial charge in [-0.25, -0.2) is 0 Å². The Morgan fingerprint density at radius 1 is 1.40 bits per heavy atom. The van der Waals surface area contributed by atoms with Crippen LogP contribution in [0.1, 0.15) is 12.0 Å². The number of hydrogen-bond donors (Lipinski definition) is 1. The molecule has 0 aliphatic rings. The molecule has 0 heterocycles. The van der Waals surface area contributed by atoms with Gasteiger partial charge in [-0.15, -0.1) is 0 Å². The van der Waals surface area contributed by atoms with E-state index in [1.54, 1.807) is 0 Å². The average molecular weight is 207 g/mol. The molecule has 1 atom stereocenters. The second-order valence-electron chi connectivity index (χ2n) is 3.32. The number of hydrogen-bond acceptors (Lipinski definition) is 3. The fourth-order valence-electron chi connectivity index (χ4n) is 1.15. The quantitative estimate of drug-likeness (QED) is 0.741. The van der Waals surface area contributed by atoms with E-state index >= 15 is 0 Å². The van der Waals surface area contributed by atoms with E-state index < -0.39 is 6.10 Å². The van der Waals surface area contributed by atoms with E-state index in [-0.39, 0.29) is 12.6 Å². The van der Waals surface area contributed by atoms with Gasteiger partial charge in [0.25, 0.3) is 0 Å². The lowest BCUT2D eigenvalue weighted by atomic mass is 10.1. The molecule has 0 spiro atoms. The molecule has 0 bridgehead atoms. The lowest BCUT2D eigenvalue weighted by molar-refractivity contribution is -0.145. The summed E-state index contributed by atoms with van der Waals surface area (Å²) in [5.41, 5.74) is 1.10. The molecule has 0 saturated carbocycles. The summed E-state index contributed by atoms with van der Waals surface area (Å²) in [6.45, 7) is 3.27. The molecule has 1 unspecified atom stereocenters. The third kappa shape index (κ3) is 5.18. The molecule has 0 saturated heterocycles. The van der Waals surface area contributed by atoms with E-state index in [2.05, 4.69) is 6.92 Å². The minimum Gasteiger partial charge on any atom is -0.463 e. The zero-order valence-corrected chi connectivity index (χ0v) is 8.56. The van der Waals surface area contributed by atoms with Gasteiger partial charge in [0.2, 0.25) is 0 Å². The van der Waals surface area contributed by atoms with Crippen molar-refractivity contribution in [3.8, 4) is 0 Å². The van der Waals surface area contributed by atoms with Crippen LogP contribution in [0.3, 0.4) is 0 Å². The molecule has 0 amide bonds. The largest absolute Gasteiger partial charge is 0.463 e. The third-order valence-electron chi connectivity index (χ3n) is 1.90. The van der Waals surface area contributed by atoms with Crippen LogP contribution in [0.25, 0.3) is 0 Å². The zero-order valence-electron chi connectivity index (χ0n) is 8.56. The second-order valence-corrected chi connectivity index (χ2v) is 3.32. The van der Waals surface area contributed by atoms with Gasteiger partial charge in [-0.2, -0.15) is 0 Å². The Balaban J connectivity index is 2.23. The van der Waals surface area contributed by atoms with E-state index in [1.165, 1.54) is 0 Å². The predicted octanol–water partition coefficient (Wildman–Crippen LogP) is 1.36. The first-order valence-electron chi connectivity index (χ1n) is 4.89. The predicted molar refractivity (Wildman–Crippen MR) is 57.1 cm³/mol. The van der Waals surface area contributed by atoms with Crippen LogP contribution in [-0.2, 0) is 16.0 Å². The van der Waals surface area contributed by atoms with Crippen LogP contribution in [0.15, 0.2) is 30.3 Å². The first-order chi connectivity index (χ1) is 7.18. The van der Waals surface area contributed by atoms with Crippen molar-refractivity contribution < 1.29 is 14.6 Å². The summed E-state index contributed by atoms with van der Waals surface area (Å²) in [5, 5.41) is 8.80. The number of benzene rings is 1. The van der Waals surface area contributed by atoms with Crippen LogP contribution < -0.4 is 0 Å². The highest BCUT2D eigenvalue weighted by Gasteiger charge is 2.05. The van der Waals surface area contributed by atoms with Crippen LogP contribution in [0.5, 0.6) is 0 Å². The summed E-state index contributed by atoms with van der Waals surface area (Å²) in [6, 6.07) is 9.72. The minimum atomic E-state index is -0.842. The van der Waals surface area contributed by atoms with Crippen LogP contribution in [-0.4, -0.2) is 23.8 Å². The van der Waals surface area contributed by atoms with Crippen LogP contribution in [0, 0.1) is 6.92 Å². The summed E-state index contributed by atoms with van der Waals surface area (Å²) < 4.78 is 4.77. The van der Waals surface area contributed by atoms with E-state index in [0.29, 0.717) is 12.8 Å². The standard InChI is InChI=1S/C12H15O3/c1-10(13)9-15-12(14)8-7-11-5-3-2-4-6-11/h2-6,10,13H,1,7-9H2. The van der Waals surface area contributed by atoms with Crippen LogP contribution in [0.2, 0.25) is 0 Å². The molecule has 0 fully saturated rings. The summed E-state index contributed by atoms with van der Waals surface area (Å²) >= 11 is 0. The van der Waals surface area contributed by atoms with Crippen LogP contribution in [0.4, 0.5) is 0 Å². The molecule has 0 aliphatic heterocycles. The van der Waals surface area contributed by atoms with Crippen molar-refractivity contribution >= 4 is 5.97 Å². The summed E-state index contributed by atoms with van der Waals surface area (Å²) in [5.74, 6) is -0.304. The van der Waals surface area contributed by atoms with E-state index in [9.17, 15) is 4.79 Å². The summed E-state index contributed by atoms with van der Waals surface area (Å²) in [4.78, 5) is 11.2. The number of aliphatic hydroxyl groups is 1. The molecule has 0 aromatic heterocycles. The van der Waals surface area contributed by atoms with Gasteiger partial charge >= 0.3 is 5.97 Å². The maximum atomic E-state index is 11.2. The Kier molecular flexibility index (Phi) is 4.84. The highest BCUT2D eigenvalue weighted by atomic mass is 16.5. The summed E-state index contributed by atoms with van der Waals surface area (Å²) in [7, 11) is 0. The number of aryl methyl sites for hydroxylation is 1. The molecule has 1 N–H and O–H groups in total. The first kappa shape index (κ1) is 11.7. The van der Waals surface area contributed by atoms with Crippen molar-refractivity contribution in [3.63, 3.8) is 0 Å². The molecule has 1 rings (SSSR count). The Hall–Kier alpha value is -1.35. The monoisotopic (exact) mass is 207 g/mol. The lowest BCUT2D eigenvalue weighted by Gasteiger charge is -2.06. The molecule has 0 aliphatic carbocycles.